The summed E-state index contributed by atoms with van der Waals surface area (Å²) >= 11 is 6.16. The number of halogens is 2. The van der Waals surface area contributed by atoms with Gasteiger partial charge in [0.1, 0.15) is 23.1 Å². The molecule has 0 aliphatic carbocycles. The van der Waals surface area contributed by atoms with Gasteiger partial charge in [0.25, 0.3) is 0 Å². The van der Waals surface area contributed by atoms with Crippen molar-refractivity contribution in [3.05, 3.63) is 47.1 Å². The Kier molecular flexibility index (Phi) is 4.90. The Balaban J connectivity index is 2.53. The maximum absolute atomic E-state index is 14.0. The molecule has 1 aromatic heterocycles. The lowest BCUT2D eigenvalue weighted by atomic mass is 10.1. The summed E-state index contributed by atoms with van der Waals surface area (Å²) in [7, 11) is 0. The third-order valence-corrected chi connectivity index (χ3v) is 3.41. The molecule has 0 saturated heterocycles. The van der Waals surface area contributed by atoms with Gasteiger partial charge in [-0.15, -0.1) is 0 Å². The second-order valence-corrected chi connectivity index (χ2v) is 4.77. The molecule has 0 fully saturated rings. The van der Waals surface area contributed by atoms with Crippen molar-refractivity contribution < 1.29 is 4.39 Å². The number of aromatic nitrogens is 2. The second kappa shape index (κ2) is 6.66. The molecule has 0 aliphatic rings. The zero-order chi connectivity index (χ0) is 14.5. The molecular weight excluding hydrogens is 277 g/mol. The molecule has 0 spiro atoms. The van der Waals surface area contributed by atoms with E-state index in [-0.39, 0.29) is 5.82 Å². The Bertz CT molecular complexity index is 589. The average Bonchev–Trinajstić information content (AvgIpc) is 2.45. The van der Waals surface area contributed by atoms with Crippen LogP contribution in [0.2, 0.25) is 5.15 Å². The van der Waals surface area contributed by atoms with Crippen molar-refractivity contribution in [2.24, 2.45) is 0 Å². The van der Waals surface area contributed by atoms with Crippen LogP contribution in [-0.4, -0.2) is 16.5 Å². The predicted octanol–water partition coefficient (Wildman–Crippen LogP) is 4.38. The van der Waals surface area contributed by atoms with Gasteiger partial charge in [0.15, 0.2) is 0 Å². The van der Waals surface area contributed by atoms with Gasteiger partial charge in [-0.2, -0.15) is 0 Å². The van der Waals surface area contributed by atoms with Gasteiger partial charge >= 0.3 is 0 Å². The maximum Gasteiger partial charge on any atom is 0.146 e. The van der Waals surface area contributed by atoms with Gasteiger partial charge in [0, 0.05) is 12.1 Å². The molecule has 1 heterocycles. The lowest BCUT2D eigenvalue weighted by Crippen LogP contribution is -2.20. The molecule has 0 aliphatic heterocycles. The number of hydrogen-bond donors (Lipinski definition) is 0. The molecule has 1 aromatic carbocycles. The van der Waals surface area contributed by atoms with E-state index >= 15 is 0 Å². The lowest BCUT2D eigenvalue weighted by molar-refractivity contribution is 0.625. The van der Waals surface area contributed by atoms with Crippen molar-refractivity contribution in [3.8, 4) is 0 Å². The molecule has 3 nitrogen and oxygen atoms in total. The third kappa shape index (κ3) is 2.90. The van der Waals surface area contributed by atoms with Crippen LogP contribution in [0, 0.1) is 5.82 Å². The van der Waals surface area contributed by atoms with Gasteiger partial charge in [-0.05, 0) is 25.5 Å². The maximum atomic E-state index is 14.0. The average molecular weight is 294 g/mol. The SMILES string of the molecule is CCCc1c(Cl)ncnc1N(CC)c1ccccc1F. The number of rotatable bonds is 5. The zero-order valence-electron chi connectivity index (χ0n) is 11.6. The first kappa shape index (κ1) is 14.7. The van der Waals surface area contributed by atoms with Gasteiger partial charge in [-0.1, -0.05) is 37.1 Å². The standard InChI is InChI=1S/C15H17ClFN3/c1-3-7-11-14(16)18-10-19-15(11)20(4-2)13-9-6-5-8-12(13)17/h5-6,8-10H,3-4,7H2,1-2H3. The molecule has 0 N–H and O–H groups in total. The van der Waals surface area contributed by atoms with Crippen molar-refractivity contribution in [2.75, 3.05) is 11.4 Å². The molecule has 106 valence electrons. The first-order chi connectivity index (χ1) is 9.69. The van der Waals surface area contributed by atoms with E-state index in [9.17, 15) is 4.39 Å². The second-order valence-electron chi connectivity index (χ2n) is 4.41. The molecule has 0 saturated carbocycles. The van der Waals surface area contributed by atoms with E-state index in [0.717, 1.165) is 18.4 Å². The highest BCUT2D eigenvalue weighted by Crippen LogP contribution is 2.31. The number of para-hydroxylation sites is 1. The molecule has 2 rings (SSSR count). The smallest absolute Gasteiger partial charge is 0.146 e. The summed E-state index contributed by atoms with van der Waals surface area (Å²) in [6.07, 6.45) is 3.11. The molecular formula is C15H17ClFN3. The molecule has 0 unspecified atom stereocenters. The van der Waals surface area contributed by atoms with Crippen molar-refractivity contribution >= 4 is 23.1 Å². The molecule has 0 radical (unpaired) electrons. The Morgan fingerprint density at radius 3 is 2.60 bits per heavy atom. The summed E-state index contributed by atoms with van der Waals surface area (Å²) in [6, 6.07) is 6.67. The highest BCUT2D eigenvalue weighted by atomic mass is 35.5. The summed E-state index contributed by atoms with van der Waals surface area (Å²) < 4.78 is 14.0. The highest BCUT2D eigenvalue weighted by Gasteiger charge is 2.18. The van der Waals surface area contributed by atoms with Crippen molar-refractivity contribution in [1.82, 2.24) is 9.97 Å². The molecule has 0 amide bonds. The van der Waals surface area contributed by atoms with E-state index < -0.39 is 0 Å². The Morgan fingerprint density at radius 1 is 1.20 bits per heavy atom. The minimum atomic E-state index is -0.272. The minimum absolute atomic E-state index is 0.272. The number of hydrogen-bond acceptors (Lipinski definition) is 3. The fraction of sp³-hybridized carbons (Fsp3) is 0.333. The summed E-state index contributed by atoms with van der Waals surface area (Å²) in [5, 5.41) is 0.437. The highest BCUT2D eigenvalue weighted by molar-refractivity contribution is 6.30. The summed E-state index contributed by atoms with van der Waals surface area (Å²) in [5.41, 5.74) is 1.36. The van der Waals surface area contributed by atoms with E-state index in [0.29, 0.717) is 23.2 Å². The van der Waals surface area contributed by atoms with Crippen molar-refractivity contribution in [3.63, 3.8) is 0 Å². The fourth-order valence-corrected chi connectivity index (χ4v) is 2.41. The van der Waals surface area contributed by atoms with E-state index in [2.05, 4.69) is 16.9 Å². The van der Waals surface area contributed by atoms with E-state index in [1.807, 2.05) is 17.9 Å². The zero-order valence-corrected chi connectivity index (χ0v) is 12.4. The first-order valence-corrected chi connectivity index (χ1v) is 7.08. The van der Waals surface area contributed by atoms with E-state index in [1.54, 1.807) is 12.1 Å². The molecule has 0 atom stereocenters. The van der Waals surface area contributed by atoms with E-state index in [4.69, 9.17) is 11.6 Å². The van der Waals surface area contributed by atoms with Gasteiger partial charge < -0.3 is 4.90 Å². The number of anilines is 2. The topological polar surface area (TPSA) is 29.0 Å². The predicted molar refractivity (Wildman–Crippen MR) is 80.1 cm³/mol. The largest absolute Gasteiger partial charge is 0.324 e. The molecule has 5 heteroatoms. The van der Waals surface area contributed by atoms with Crippen LogP contribution in [0.4, 0.5) is 15.9 Å². The fourth-order valence-electron chi connectivity index (χ4n) is 2.18. The summed E-state index contributed by atoms with van der Waals surface area (Å²) in [4.78, 5) is 10.2. The normalized spacial score (nSPS) is 10.6. The minimum Gasteiger partial charge on any atom is -0.324 e. The Morgan fingerprint density at radius 2 is 1.95 bits per heavy atom. The van der Waals surface area contributed by atoms with Crippen LogP contribution < -0.4 is 4.90 Å². The van der Waals surface area contributed by atoms with E-state index in [1.165, 1.54) is 12.4 Å². The van der Waals surface area contributed by atoms with Gasteiger partial charge in [0.05, 0.1) is 5.69 Å². The number of benzene rings is 1. The van der Waals surface area contributed by atoms with Crippen molar-refractivity contribution in [1.29, 1.82) is 0 Å². The third-order valence-electron chi connectivity index (χ3n) is 3.09. The molecule has 0 bridgehead atoms. The molecule has 20 heavy (non-hydrogen) atoms. The van der Waals surface area contributed by atoms with Crippen LogP contribution in [0.1, 0.15) is 25.8 Å². The van der Waals surface area contributed by atoms with Crippen LogP contribution >= 0.6 is 11.6 Å². The van der Waals surface area contributed by atoms with Crippen molar-refractivity contribution in [2.45, 2.75) is 26.7 Å². The lowest BCUT2D eigenvalue weighted by Gasteiger charge is -2.25. The Labute approximate surface area is 123 Å². The monoisotopic (exact) mass is 293 g/mol. The van der Waals surface area contributed by atoms with Crippen LogP contribution in [0.3, 0.4) is 0 Å². The number of nitrogens with zero attached hydrogens (tertiary/aromatic N) is 3. The van der Waals surface area contributed by atoms with Crippen LogP contribution in [-0.2, 0) is 6.42 Å². The summed E-state index contributed by atoms with van der Waals surface area (Å²) in [6.45, 7) is 4.62. The Hall–Kier alpha value is -1.68. The summed E-state index contributed by atoms with van der Waals surface area (Å²) in [5.74, 6) is 0.408. The van der Waals surface area contributed by atoms with Gasteiger partial charge in [-0.25, -0.2) is 14.4 Å². The first-order valence-electron chi connectivity index (χ1n) is 6.70. The van der Waals surface area contributed by atoms with Crippen LogP contribution in [0.15, 0.2) is 30.6 Å². The van der Waals surface area contributed by atoms with Crippen LogP contribution in [0.25, 0.3) is 0 Å². The van der Waals surface area contributed by atoms with Gasteiger partial charge in [0.2, 0.25) is 0 Å². The quantitative estimate of drug-likeness (QED) is 0.766. The molecule has 2 aromatic rings. The van der Waals surface area contributed by atoms with Crippen LogP contribution in [0.5, 0.6) is 0 Å². The van der Waals surface area contributed by atoms with Gasteiger partial charge in [-0.3, -0.25) is 0 Å².